The van der Waals surface area contributed by atoms with E-state index in [1.54, 1.807) is 11.8 Å². The summed E-state index contributed by atoms with van der Waals surface area (Å²) in [6, 6.07) is 1.95. The Morgan fingerprint density at radius 2 is 2.19 bits per heavy atom. The molecule has 2 atom stereocenters. The molecule has 1 aromatic heterocycles. The van der Waals surface area contributed by atoms with Gasteiger partial charge >= 0.3 is 5.97 Å². The number of carboxylic acids is 1. The summed E-state index contributed by atoms with van der Waals surface area (Å²) in [7, 11) is 0. The Labute approximate surface area is 128 Å². The molecule has 1 amide bonds. The quantitative estimate of drug-likeness (QED) is 0.926. The standard InChI is InChI=1S/C15H21NO4S/c1-4-5-11-6-13(21-10(11)3)14(17)16-7-9(2)20-12(8-16)15(18)19/h6,9,12H,4-5,7-8H2,1-3H3,(H,18,19)/t9-,12?/m1/s1. The van der Waals surface area contributed by atoms with Crippen LogP contribution in [0.3, 0.4) is 0 Å². The second kappa shape index (κ2) is 6.58. The highest BCUT2D eigenvalue weighted by Gasteiger charge is 2.33. The summed E-state index contributed by atoms with van der Waals surface area (Å²) < 4.78 is 5.34. The minimum atomic E-state index is -1.02. The third kappa shape index (κ3) is 3.63. The molecule has 1 fully saturated rings. The minimum absolute atomic E-state index is 0.0909. The SMILES string of the molecule is CCCc1cc(C(=O)N2CC(C(=O)O)O[C@H](C)C2)sc1C. The fourth-order valence-electron chi connectivity index (χ4n) is 2.55. The molecule has 6 heteroatoms. The Bertz CT molecular complexity index is 540. The number of rotatable bonds is 4. The Hall–Kier alpha value is -1.40. The normalized spacial score (nSPS) is 22.3. The van der Waals surface area contributed by atoms with Crippen LogP contribution in [0.2, 0.25) is 0 Å². The second-order valence-electron chi connectivity index (χ2n) is 5.43. The second-order valence-corrected chi connectivity index (χ2v) is 6.68. The van der Waals surface area contributed by atoms with Gasteiger partial charge in [0.15, 0.2) is 6.10 Å². The number of aryl methyl sites for hydroxylation is 2. The smallest absolute Gasteiger partial charge is 0.334 e. The minimum Gasteiger partial charge on any atom is -0.479 e. The van der Waals surface area contributed by atoms with Gasteiger partial charge in [-0.2, -0.15) is 0 Å². The van der Waals surface area contributed by atoms with Crippen molar-refractivity contribution in [3.05, 3.63) is 21.4 Å². The van der Waals surface area contributed by atoms with Crippen LogP contribution in [-0.4, -0.2) is 47.2 Å². The van der Waals surface area contributed by atoms with Crippen LogP contribution in [0.5, 0.6) is 0 Å². The molecule has 0 bridgehead atoms. The first kappa shape index (κ1) is 16.0. The number of hydrogen-bond donors (Lipinski definition) is 1. The monoisotopic (exact) mass is 311 g/mol. The summed E-state index contributed by atoms with van der Waals surface area (Å²) in [6.45, 7) is 6.47. The van der Waals surface area contributed by atoms with Crippen LogP contribution in [0.25, 0.3) is 0 Å². The van der Waals surface area contributed by atoms with E-state index in [9.17, 15) is 9.59 Å². The summed E-state index contributed by atoms with van der Waals surface area (Å²) in [5.41, 5.74) is 1.21. The fraction of sp³-hybridized carbons (Fsp3) is 0.600. The van der Waals surface area contributed by atoms with E-state index in [1.807, 2.05) is 13.0 Å². The molecule has 1 aliphatic rings. The maximum absolute atomic E-state index is 12.6. The molecule has 1 aromatic rings. The van der Waals surface area contributed by atoms with Crippen molar-refractivity contribution in [3.63, 3.8) is 0 Å². The summed E-state index contributed by atoms with van der Waals surface area (Å²) in [6.07, 6.45) is 0.808. The lowest BCUT2D eigenvalue weighted by Gasteiger charge is -2.34. The molecule has 0 radical (unpaired) electrons. The van der Waals surface area contributed by atoms with Gasteiger partial charge in [0.1, 0.15) is 0 Å². The van der Waals surface area contributed by atoms with Crippen molar-refractivity contribution in [2.45, 2.75) is 45.8 Å². The van der Waals surface area contributed by atoms with Crippen LogP contribution in [0, 0.1) is 6.92 Å². The highest BCUT2D eigenvalue weighted by Crippen LogP contribution is 2.25. The van der Waals surface area contributed by atoms with E-state index in [4.69, 9.17) is 9.84 Å². The number of ether oxygens (including phenoxy) is 1. The van der Waals surface area contributed by atoms with E-state index >= 15 is 0 Å². The van der Waals surface area contributed by atoms with Crippen molar-refractivity contribution >= 4 is 23.2 Å². The van der Waals surface area contributed by atoms with Gasteiger partial charge in [0.2, 0.25) is 0 Å². The lowest BCUT2D eigenvalue weighted by molar-refractivity contribution is -0.160. The number of thiophene rings is 1. The number of morpholine rings is 1. The molecular weight excluding hydrogens is 290 g/mol. The Kier molecular flexibility index (Phi) is 5.00. The Balaban J connectivity index is 2.15. The lowest BCUT2D eigenvalue weighted by Crippen LogP contribution is -2.51. The Morgan fingerprint density at radius 3 is 2.81 bits per heavy atom. The van der Waals surface area contributed by atoms with Gasteiger partial charge in [0.05, 0.1) is 17.5 Å². The zero-order chi connectivity index (χ0) is 15.6. The van der Waals surface area contributed by atoms with E-state index in [0.717, 1.165) is 17.7 Å². The zero-order valence-electron chi connectivity index (χ0n) is 12.6. The maximum atomic E-state index is 12.6. The van der Waals surface area contributed by atoms with Gasteiger partial charge in [-0.15, -0.1) is 11.3 Å². The highest BCUT2D eigenvalue weighted by atomic mass is 32.1. The van der Waals surface area contributed by atoms with Crippen LogP contribution in [0.15, 0.2) is 6.07 Å². The van der Waals surface area contributed by atoms with Crippen molar-refractivity contribution in [3.8, 4) is 0 Å². The third-order valence-electron chi connectivity index (χ3n) is 3.57. The molecule has 5 nitrogen and oxygen atoms in total. The lowest BCUT2D eigenvalue weighted by atomic mass is 10.1. The van der Waals surface area contributed by atoms with Crippen LogP contribution >= 0.6 is 11.3 Å². The van der Waals surface area contributed by atoms with Crippen LogP contribution < -0.4 is 0 Å². The zero-order valence-corrected chi connectivity index (χ0v) is 13.4. The predicted molar refractivity (Wildman–Crippen MR) is 80.9 cm³/mol. The molecule has 2 heterocycles. The highest BCUT2D eigenvalue weighted by molar-refractivity contribution is 7.14. The first-order valence-corrected chi connectivity index (χ1v) is 8.00. The number of hydrogen-bond acceptors (Lipinski definition) is 4. The first-order valence-electron chi connectivity index (χ1n) is 7.19. The average molecular weight is 311 g/mol. The predicted octanol–water partition coefficient (Wildman–Crippen LogP) is 2.32. The summed E-state index contributed by atoms with van der Waals surface area (Å²) >= 11 is 1.49. The summed E-state index contributed by atoms with van der Waals surface area (Å²) in [4.78, 5) is 27.1. The van der Waals surface area contributed by atoms with Crippen molar-refractivity contribution in [1.29, 1.82) is 0 Å². The molecule has 0 aliphatic carbocycles. The van der Waals surface area contributed by atoms with Gasteiger partial charge in [-0.1, -0.05) is 13.3 Å². The fourth-order valence-corrected chi connectivity index (χ4v) is 3.59. The molecule has 0 aromatic carbocycles. The van der Waals surface area contributed by atoms with Gasteiger partial charge in [-0.05, 0) is 31.9 Å². The first-order chi connectivity index (χ1) is 9.92. The Morgan fingerprint density at radius 1 is 1.48 bits per heavy atom. The number of carbonyl (C=O) groups excluding carboxylic acids is 1. The van der Waals surface area contributed by atoms with Gasteiger partial charge in [0.25, 0.3) is 5.91 Å². The van der Waals surface area contributed by atoms with Gasteiger partial charge < -0.3 is 14.7 Å². The van der Waals surface area contributed by atoms with Crippen molar-refractivity contribution in [2.75, 3.05) is 13.1 Å². The molecular formula is C15H21NO4S. The summed E-state index contributed by atoms with van der Waals surface area (Å²) in [5.74, 6) is -1.11. The molecule has 0 spiro atoms. The number of carboxylic acid groups (broad SMARTS) is 1. The molecule has 116 valence electrons. The number of amides is 1. The molecule has 0 saturated carbocycles. The molecule has 2 rings (SSSR count). The third-order valence-corrected chi connectivity index (χ3v) is 4.65. The molecule has 1 N–H and O–H groups in total. The largest absolute Gasteiger partial charge is 0.479 e. The molecule has 1 unspecified atom stereocenters. The molecule has 1 aliphatic heterocycles. The summed E-state index contributed by atoms with van der Waals surface area (Å²) in [5, 5.41) is 9.08. The number of nitrogens with zero attached hydrogens (tertiary/aromatic N) is 1. The van der Waals surface area contributed by atoms with Gasteiger partial charge in [-0.25, -0.2) is 4.79 Å². The van der Waals surface area contributed by atoms with E-state index in [1.165, 1.54) is 16.9 Å². The van der Waals surface area contributed by atoms with Crippen LogP contribution in [-0.2, 0) is 16.0 Å². The van der Waals surface area contributed by atoms with Crippen molar-refractivity contribution in [1.82, 2.24) is 4.90 Å². The average Bonchev–Trinajstić information content (AvgIpc) is 2.79. The van der Waals surface area contributed by atoms with E-state index in [0.29, 0.717) is 11.4 Å². The topological polar surface area (TPSA) is 66.8 Å². The van der Waals surface area contributed by atoms with Crippen LogP contribution in [0.1, 0.15) is 40.4 Å². The van der Waals surface area contributed by atoms with Gasteiger partial charge in [-0.3, -0.25) is 4.79 Å². The molecule has 1 saturated heterocycles. The van der Waals surface area contributed by atoms with E-state index in [-0.39, 0.29) is 18.6 Å². The van der Waals surface area contributed by atoms with Crippen molar-refractivity contribution < 1.29 is 19.4 Å². The molecule has 21 heavy (non-hydrogen) atoms. The van der Waals surface area contributed by atoms with E-state index < -0.39 is 12.1 Å². The maximum Gasteiger partial charge on any atom is 0.334 e. The number of carbonyl (C=O) groups is 2. The van der Waals surface area contributed by atoms with Gasteiger partial charge in [0, 0.05) is 11.4 Å². The number of aliphatic carboxylic acids is 1. The van der Waals surface area contributed by atoms with Crippen molar-refractivity contribution in [2.24, 2.45) is 0 Å². The van der Waals surface area contributed by atoms with Crippen LogP contribution in [0.4, 0.5) is 0 Å². The van der Waals surface area contributed by atoms with E-state index in [2.05, 4.69) is 6.92 Å².